The summed E-state index contributed by atoms with van der Waals surface area (Å²) in [5.41, 5.74) is -1.13. The zero-order valence-corrected chi connectivity index (χ0v) is 37.8. The molecule has 3 aromatic carbocycles. The molecule has 0 aromatic heterocycles. The summed E-state index contributed by atoms with van der Waals surface area (Å²) in [6, 6.07) is 14.8. The summed E-state index contributed by atoms with van der Waals surface area (Å²) in [5.74, 6) is -1.23. The lowest BCUT2D eigenvalue weighted by Gasteiger charge is -2.64. The molecule has 2 amide bonds. The molecule has 4 aliphatic rings. The average Bonchev–Trinajstić information content (AvgIpc) is 3.64. The molecule has 66 heavy (non-hydrogen) atoms. The van der Waals surface area contributed by atoms with E-state index in [0.717, 1.165) is 18.6 Å². The number of non-ortho nitro benzene ring substituents is 3. The smallest absolute Gasteiger partial charge is 0.411 e. The highest BCUT2D eigenvalue weighted by Crippen LogP contribution is 2.69. The van der Waals surface area contributed by atoms with Crippen molar-refractivity contribution in [2.75, 3.05) is 17.7 Å². The first kappa shape index (κ1) is 47.7. The molecule has 4 fully saturated rings. The molecule has 11 atom stereocenters. The Morgan fingerprint density at radius 3 is 1.80 bits per heavy atom. The van der Waals surface area contributed by atoms with E-state index < -0.39 is 66.1 Å². The standard InChI is InChI=1S/C45H54N6O14S/c1-26(5-20-40(52)63-4)35-18-19-36-41-37(25-39(45(35,36)3)65-43(54)47-29-8-12-32(13-9-29)50(57)58)44(2)22-21-30(48-66(61,62)34-16-14-33(15-17-34)51(59)60)23-27(44)24-38(41)64-42(53)46-28-6-10-31(11-7-28)49(55)56/h6-17,26-27,30,35-39,41,48H,5,18-25H2,1-4H3,(H,46,53)(H,47,54). The van der Waals surface area contributed by atoms with Crippen LogP contribution in [-0.2, 0) is 29.0 Å². The second-order valence-corrected chi connectivity index (χ2v) is 20.4. The Morgan fingerprint density at radius 1 is 0.742 bits per heavy atom. The largest absolute Gasteiger partial charge is 0.469 e. The molecule has 21 heteroatoms. The van der Waals surface area contributed by atoms with Crippen molar-refractivity contribution in [3.63, 3.8) is 0 Å². The van der Waals surface area contributed by atoms with E-state index in [9.17, 15) is 53.1 Å². The number of ether oxygens (including phenoxy) is 3. The molecule has 0 heterocycles. The highest BCUT2D eigenvalue weighted by molar-refractivity contribution is 7.89. The third kappa shape index (κ3) is 9.67. The number of sulfonamides is 1. The minimum Gasteiger partial charge on any atom is -0.469 e. The Hall–Kier alpha value is -6.22. The molecule has 11 unspecified atom stereocenters. The first-order chi connectivity index (χ1) is 31.2. The number of hydrogen-bond donors (Lipinski definition) is 3. The number of nitrogens with zero attached hydrogens (tertiary/aromatic N) is 3. The van der Waals surface area contributed by atoms with Gasteiger partial charge in [0.25, 0.3) is 17.1 Å². The van der Waals surface area contributed by atoms with Gasteiger partial charge in [-0.2, -0.15) is 0 Å². The van der Waals surface area contributed by atoms with Gasteiger partial charge in [-0.1, -0.05) is 20.8 Å². The van der Waals surface area contributed by atoms with E-state index in [4.69, 9.17) is 14.2 Å². The van der Waals surface area contributed by atoms with E-state index in [0.29, 0.717) is 50.6 Å². The number of esters is 1. The van der Waals surface area contributed by atoms with Crippen LogP contribution in [-0.4, -0.2) is 66.7 Å². The van der Waals surface area contributed by atoms with Crippen LogP contribution in [0.25, 0.3) is 0 Å². The number of carbonyl (C=O) groups is 3. The minimum atomic E-state index is -4.10. The normalized spacial score (nSPS) is 29.4. The summed E-state index contributed by atoms with van der Waals surface area (Å²) < 4.78 is 48.0. The molecule has 0 bridgehead atoms. The molecule has 354 valence electrons. The van der Waals surface area contributed by atoms with Crippen LogP contribution in [0.3, 0.4) is 0 Å². The SMILES string of the molecule is COC(=O)CCC(C)C1CCC2C3C(OC(=O)Nc4ccc([N+](=O)[O-])cc4)CC4CC(NS(=O)(=O)c5ccc([N+](=O)[O-])cc5)CCC4(C)C3CC(OC(=O)Nc3ccc([N+](=O)[O-])cc3)C12C. The Labute approximate surface area is 381 Å². The Kier molecular flexibility index (Phi) is 13.7. The lowest BCUT2D eigenvalue weighted by atomic mass is 9.43. The summed E-state index contributed by atoms with van der Waals surface area (Å²) in [4.78, 5) is 72.2. The predicted octanol–water partition coefficient (Wildman–Crippen LogP) is 8.76. The van der Waals surface area contributed by atoms with Crippen molar-refractivity contribution < 1.29 is 51.8 Å². The van der Waals surface area contributed by atoms with Crippen LogP contribution >= 0.6 is 0 Å². The molecule has 7 rings (SSSR count). The lowest BCUT2D eigenvalue weighted by molar-refractivity contribution is -0.385. The van der Waals surface area contributed by atoms with Gasteiger partial charge in [0.05, 0.1) is 26.8 Å². The highest BCUT2D eigenvalue weighted by atomic mass is 32.2. The molecule has 3 N–H and O–H groups in total. The number of nitrogens with one attached hydrogen (secondary N) is 3. The van der Waals surface area contributed by atoms with Crippen molar-refractivity contribution in [2.24, 2.45) is 46.3 Å². The molecular formula is C45H54N6O14S. The highest BCUT2D eigenvalue weighted by Gasteiger charge is 2.68. The van der Waals surface area contributed by atoms with Crippen molar-refractivity contribution >= 4 is 56.6 Å². The first-order valence-electron chi connectivity index (χ1n) is 22.0. The van der Waals surface area contributed by atoms with Gasteiger partial charge in [-0.25, -0.2) is 22.7 Å². The van der Waals surface area contributed by atoms with Gasteiger partial charge < -0.3 is 14.2 Å². The van der Waals surface area contributed by atoms with Crippen molar-refractivity contribution in [1.29, 1.82) is 0 Å². The van der Waals surface area contributed by atoms with E-state index in [2.05, 4.69) is 36.1 Å². The van der Waals surface area contributed by atoms with Gasteiger partial charge in [-0.15, -0.1) is 0 Å². The molecule has 0 saturated heterocycles. The molecule has 4 saturated carbocycles. The van der Waals surface area contributed by atoms with Crippen LogP contribution in [0.2, 0.25) is 0 Å². The molecule has 0 spiro atoms. The number of fused-ring (bicyclic) bond motifs is 5. The fourth-order valence-electron chi connectivity index (χ4n) is 12.1. The van der Waals surface area contributed by atoms with Crippen LogP contribution in [0.1, 0.15) is 78.6 Å². The maximum Gasteiger partial charge on any atom is 0.411 e. The zero-order chi connectivity index (χ0) is 47.7. The Bertz CT molecular complexity index is 2460. The third-order valence-corrected chi connectivity index (χ3v) is 16.9. The number of anilines is 2. The van der Waals surface area contributed by atoms with Gasteiger partial charge in [-0.05, 0) is 123 Å². The van der Waals surface area contributed by atoms with E-state index >= 15 is 0 Å². The van der Waals surface area contributed by atoms with Crippen LogP contribution in [0.4, 0.5) is 38.0 Å². The third-order valence-electron chi connectivity index (χ3n) is 15.4. The number of methoxy groups -OCH3 is 1. The van der Waals surface area contributed by atoms with Crippen molar-refractivity contribution in [2.45, 2.75) is 102 Å². The van der Waals surface area contributed by atoms with E-state index in [1.54, 1.807) is 0 Å². The number of carbonyl (C=O) groups excluding carboxylic acids is 3. The minimum absolute atomic E-state index is 0.0181. The number of amides is 2. The summed E-state index contributed by atoms with van der Waals surface area (Å²) in [6.07, 6.45) is 1.36. The number of rotatable bonds is 14. The summed E-state index contributed by atoms with van der Waals surface area (Å²) >= 11 is 0. The Morgan fingerprint density at radius 2 is 1.27 bits per heavy atom. The first-order valence-corrected chi connectivity index (χ1v) is 23.5. The predicted molar refractivity (Wildman–Crippen MR) is 238 cm³/mol. The number of benzene rings is 3. The summed E-state index contributed by atoms with van der Waals surface area (Å²) in [5, 5.41) is 39.3. The number of nitro benzene ring substituents is 3. The van der Waals surface area contributed by atoms with Gasteiger partial charge >= 0.3 is 18.2 Å². The molecule has 0 aliphatic heterocycles. The van der Waals surface area contributed by atoms with E-state index in [1.807, 2.05) is 0 Å². The lowest BCUT2D eigenvalue weighted by Crippen LogP contribution is -2.64. The molecule has 20 nitrogen and oxygen atoms in total. The molecule has 3 aromatic rings. The topological polar surface area (TPSA) is 279 Å². The van der Waals surface area contributed by atoms with Crippen molar-refractivity contribution in [3.05, 3.63) is 103 Å². The fourth-order valence-corrected chi connectivity index (χ4v) is 13.4. The maximum atomic E-state index is 13.9. The molecular weight excluding hydrogens is 881 g/mol. The van der Waals surface area contributed by atoms with Gasteiger partial charge in [-0.3, -0.25) is 45.8 Å². The molecule has 0 radical (unpaired) electrons. The van der Waals surface area contributed by atoms with E-state index in [-0.39, 0.29) is 75.5 Å². The van der Waals surface area contributed by atoms with Crippen LogP contribution in [0.5, 0.6) is 0 Å². The van der Waals surface area contributed by atoms with Gasteiger partial charge in [0.1, 0.15) is 12.2 Å². The quantitative estimate of drug-likeness (QED) is 0.0590. The van der Waals surface area contributed by atoms with Crippen LogP contribution in [0, 0.1) is 76.7 Å². The monoisotopic (exact) mass is 934 g/mol. The summed E-state index contributed by atoms with van der Waals surface area (Å²) in [7, 11) is -2.76. The Balaban J connectivity index is 1.22. The van der Waals surface area contributed by atoms with Gasteiger partial charge in [0.2, 0.25) is 10.0 Å². The second-order valence-electron chi connectivity index (χ2n) is 18.6. The average molecular weight is 935 g/mol. The maximum absolute atomic E-state index is 13.9. The van der Waals surface area contributed by atoms with Gasteiger partial charge in [0.15, 0.2) is 0 Å². The second kappa shape index (κ2) is 18.9. The number of hydrogen-bond acceptors (Lipinski definition) is 14. The van der Waals surface area contributed by atoms with Crippen molar-refractivity contribution in [3.8, 4) is 0 Å². The fraction of sp³-hybridized carbons (Fsp3) is 0.533. The van der Waals surface area contributed by atoms with Crippen LogP contribution < -0.4 is 15.4 Å². The van der Waals surface area contributed by atoms with Crippen LogP contribution in [0.15, 0.2) is 77.7 Å². The van der Waals surface area contributed by atoms with Crippen molar-refractivity contribution in [1.82, 2.24) is 4.72 Å². The van der Waals surface area contributed by atoms with E-state index in [1.165, 1.54) is 67.8 Å². The number of nitro groups is 3. The molecule has 4 aliphatic carbocycles. The summed E-state index contributed by atoms with van der Waals surface area (Å²) in [6.45, 7) is 6.35. The zero-order valence-electron chi connectivity index (χ0n) is 37.0. The van der Waals surface area contributed by atoms with Gasteiger partial charge in [0, 0.05) is 71.6 Å².